The van der Waals surface area contributed by atoms with Crippen LogP contribution in [-0.4, -0.2) is 59.9 Å². The number of anilines is 2. The summed E-state index contributed by atoms with van der Waals surface area (Å²) < 4.78 is 1.60. The highest BCUT2D eigenvalue weighted by Gasteiger charge is 2.32. The van der Waals surface area contributed by atoms with Crippen LogP contribution in [0.1, 0.15) is 42.7 Å². The number of carbonyl (C=O) groups excluding carboxylic acids is 2. The zero-order valence-corrected chi connectivity index (χ0v) is 20.5. The fraction of sp³-hybridized carbons (Fsp3) is 0.308. The van der Waals surface area contributed by atoms with Gasteiger partial charge >= 0.3 is 0 Å². The first-order valence-electron chi connectivity index (χ1n) is 11.9. The second kappa shape index (κ2) is 9.46. The van der Waals surface area contributed by atoms with Gasteiger partial charge < -0.3 is 10.6 Å². The molecule has 0 aliphatic carbocycles. The number of fused-ring (bicyclic) bond motifs is 1. The lowest BCUT2D eigenvalue weighted by Gasteiger charge is -2.30. The Balaban J connectivity index is 1.30. The minimum Gasteiger partial charge on any atom is -0.324 e. The van der Waals surface area contributed by atoms with Crippen LogP contribution in [-0.2, 0) is 4.79 Å². The topological polar surface area (TPSA) is 117 Å². The number of aryl methyl sites for hydroxylation is 1. The molecule has 0 radical (unpaired) electrons. The fourth-order valence-electron chi connectivity index (χ4n) is 4.45. The van der Waals surface area contributed by atoms with Crippen molar-refractivity contribution < 1.29 is 9.59 Å². The van der Waals surface area contributed by atoms with Crippen LogP contribution in [0, 0.1) is 6.92 Å². The number of amides is 2. The maximum Gasteiger partial charge on any atom is 0.259 e. The Morgan fingerprint density at radius 1 is 1.06 bits per heavy atom. The molecule has 5 rings (SSSR count). The van der Waals surface area contributed by atoms with Gasteiger partial charge in [0.1, 0.15) is 5.69 Å². The Hall–Kier alpha value is -4.18. The molecule has 184 valence electrons. The number of likely N-dealkylation sites (tertiary alicyclic amines) is 1. The Morgan fingerprint density at radius 2 is 1.92 bits per heavy atom. The molecular formula is C26H28N8O2. The zero-order valence-electron chi connectivity index (χ0n) is 20.5. The molecule has 2 amide bonds. The number of carbonyl (C=O) groups is 2. The Kier molecular flexibility index (Phi) is 6.19. The summed E-state index contributed by atoms with van der Waals surface area (Å²) in [7, 11) is 0. The van der Waals surface area contributed by atoms with Crippen LogP contribution >= 0.6 is 0 Å². The number of hydrogen-bond acceptors (Lipinski definition) is 7. The summed E-state index contributed by atoms with van der Waals surface area (Å²) in [5, 5.41) is 10.1. The molecule has 0 bridgehead atoms. The first kappa shape index (κ1) is 23.6. The maximum atomic E-state index is 13.1. The van der Waals surface area contributed by atoms with Crippen molar-refractivity contribution in [2.75, 3.05) is 23.7 Å². The van der Waals surface area contributed by atoms with Gasteiger partial charge in [-0.25, -0.2) is 4.52 Å². The number of aromatic nitrogens is 5. The molecule has 0 unspecified atom stereocenters. The second-order valence-electron chi connectivity index (χ2n) is 9.57. The summed E-state index contributed by atoms with van der Waals surface area (Å²) in [4.78, 5) is 41.0. The molecule has 0 aromatic carbocycles. The predicted octanol–water partition coefficient (Wildman–Crippen LogP) is 3.56. The molecule has 4 aromatic heterocycles. The van der Waals surface area contributed by atoms with Gasteiger partial charge in [-0.2, -0.15) is 5.10 Å². The van der Waals surface area contributed by atoms with Crippen LogP contribution in [0.25, 0.3) is 16.9 Å². The highest BCUT2D eigenvalue weighted by Crippen LogP contribution is 2.28. The second-order valence-corrected chi connectivity index (χ2v) is 9.57. The monoisotopic (exact) mass is 484 g/mol. The van der Waals surface area contributed by atoms with Crippen LogP contribution in [0.15, 0.2) is 55.2 Å². The summed E-state index contributed by atoms with van der Waals surface area (Å²) in [6.07, 6.45) is 10.3. The number of nitrogens with one attached hydrogen (secondary N) is 2. The molecule has 1 aliphatic heterocycles. The molecule has 0 spiro atoms. The van der Waals surface area contributed by atoms with Crippen LogP contribution in [0.5, 0.6) is 0 Å². The molecule has 5 heterocycles. The summed E-state index contributed by atoms with van der Waals surface area (Å²) in [5.41, 5.74) is 4.00. The fourth-order valence-corrected chi connectivity index (χ4v) is 4.45. The SMILES string of the molecule is Cc1ncc(NC(=O)CN2CCCC2(C)C)cc1NC(=O)c1cnn2cc(-c3ccccn3)ncc12. The van der Waals surface area contributed by atoms with E-state index in [0.717, 1.165) is 25.1 Å². The van der Waals surface area contributed by atoms with E-state index in [0.29, 0.717) is 40.4 Å². The van der Waals surface area contributed by atoms with Crippen molar-refractivity contribution in [3.8, 4) is 11.4 Å². The molecule has 2 N–H and O–H groups in total. The van der Waals surface area contributed by atoms with Crippen molar-refractivity contribution >= 4 is 28.7 Å². The van der Waals surface area contributed by atoms with E-state index in [9.17, 15) is 9.59 Å². The summed E-state index contributed by atoms with van der Waals surface area (Å²) in [6.45, 7) is 7.34. The third-order valence-corrected chi connectivity index (χ3v) is 6.60. The summed E-state index contributed by atoms with van der Waals surface area (Å²) >= 11 is 0. The highest BCUT2D eigenvalue weighted by atomic mass is 16.2. The molecule has 10 nitrogen and oxygen atoms in total. The largest absolute Gasteiger partial charge is 0.324 e. The van der Waals surface area contributed by atoms with Gasteiger partial charge in [-0.15, -0.1) is 0 Å². The average molecular weight is 485 g/mol. The van der Waals surface area contributed by atoms with E-state index in [2.05, 4.69) is 49.4 Å². The average Bonchev–Trinajstić information content (AvgIpc) is 3.43. The lowest BCUT2D eigenvalue weighted by atomic mass is 10.0. The summed E-state index contributed by atoms with van der Waals surface area (Å²) in [5.74, 6) is -0.449. The van der Waals surface area contributed by atoms with Crippen LogP contribution in [0.4, 0.5) is 11.4 Å². The van der Waals surface area contributed by atoms with E-state index in [1.807, 2.05) is 18.2 Å². The van der Waals surface area contributed by atoms with Crippen molar-refractivity contribution in [2.24, 2.45) is 0 Å². The van der Waals surface area contributed by atoms with E-state index in [4.69, 9.17) is 0 Å². The third-order valence-electron chi connectivity index (χ3n) is 6.60. The van der Waals surface area contributed by atoms with Crippen molar-refractivity contribution in [2.45, 2.75) is 39.2 Å². The van der Waals surface area contributed by atoms with Crippen LogP contribution in [0.2, 0.25) is 0 Å². The van der Waals surface area contributed by atoms with Gasteiger partial charge in [0.25, 0.3) is 5.91 Å². The van der Waals surface area contributed by atoms with Gasteiger partial charge in [-0.1, -0.05) is 6.07 Å². The van der Waals surface area contributed by atoms with Gasteiger partial charge in [0, 0.05) is 11.7 Å². The van der Waals surface area contributed by atoms with Gasteiger partial charge in [-0.05, 0) is 58.4 Å². The molecular weight excluding hydrogens is 456 g/mol. The minimum atomic E-state index is -0.343. The normalized spacial score (nSPS) is 15.2. The van der Waals surface area contributed by atoms with Crippen LogP contribution < -0.4 is 10.6 Å². The molecule has 0 atom stereocenters. The first-order chi connectivity index (χ1) is 17.3. The number of rotatable bonds is 6. The Morgan fingerprint density at radius 3 is 2.67 bits per heavy atom. The van der Waals surface area contributed by atoms with Crippen molar-refractivity contribution in [3.05, 3.63) is 66.5 Å². The summed E-state index contributed by atoms with van der Waals surface area (Å²) in [6, 6.07) is 7.30. The van der Waals surface area contributed by atoms with Gasteiger partial charge in [0.05, 0.1) is 65.2 Å². The first-order valence-corrected chi connectivity index (χ1v) is 11.9. The minimum absolute atomic E-state index is 0.0175. The van der Waals surface area contributed by atoms with Crippen molar-refractivity contribution in [1.82, 2.24) is 29.5 Å². The van der Waals surface area contributed by atoms with Crippen molar-refractivity contribution in [1.29, 1.82) is 0 Å². The van der Waals surface area contributed by atoms with Gasteiger partial charge in [0.15, 0.2) is 0 Å². The molecule has 36 heavy (non-hydrogen) atoms. The van der Waals surface area contributed by atoms with E-state index >= 15 is 0 Å². The molecule has 0 saturated carbocycles. The lowest BCUT2D eigenvalue weighted by molar-refractivity contribution is -0.118. The van der Waals surface area contributed by atoms with E-state index < -0.39 is 0 Å². The van der Waals surface area contributed by atoms with Gasteiger partial charge in [0.2, 0.25) is 5.91 Å². The molecule has 4 aromatic rings. The Labute approximate surface area is 208 Å². The molecule has 1 fully saturated rings. The standard InChI is InChI=1S/C26H28N8O2/c1-17-21(11-18(12-28-17)31-24(35)16-33-10-6-8-26(33,2)3)32-25(36)19-13-30-34-15-22(29-14-23(19)34)20-7-4-5-9-27-20/h4-5,7,9,11-15H,6,8,10,16H2,1-3H3,(H,31,35)(H,32,36). The highest BCUT2D eigenvalue weighted by molar-refractivity contribution is 6.09. The van der Waals surface area contributed by atoms with E-state index in [1.54, 1.807) is 42.3 Å². The van der Waals surface area contributed by atoms with Crippen molar-refractivity contribution in [3.63, 3.8) is 0 Å². The van der Waals surface area contributed by atoms with Gasteiger partial charge in [-0.3, -0.25) is 29.4 Å². The maximum absolute atomic E-state index is 13.1. The lowest BCUT2D eigenvalue weighted by Crippen LogP contribution is -2.42. The smallest absolute Gasteiger partial charge is 0.259 e. The zero-order chi connectivity index (χ0) is 25.3. The quantitative estimate of drug-likeness (QED) is 0.430. The number of nitrogens with zero attached hydrogens (tertiary/aromatic N) is 6. The van der Waals surface area contributed by atoms with E-state index in [-0.39, 0.29) is 17.4 Å². The molecule has 1 aliphatic rings. The predicted molar refractivity (Wildman–Crippen MR) is 137 cm³/mol. The number of hydrogen-bond donors (Lipinski definition) is 2. The van der Waals surface area contributed by atoms with Crippen LogP contribution in [0.3, 0.4) is 0 Å². The third kappa shape index (κ3) is 4.80. The Bertz CT molecular complexity index is 1430. The number of pyridine rings is 2. The molecule has 10 heteroatoms. The molecule has 1 saturated heterocycles. The van der Waals surface area contributed by atoms with E-state index in [1.165, 1.54) is 6.20 Å².